The molecule has 1 heterocycles. The molecule has 1 aliphatic rings. The number of methoxy groups -OCH3 is 4. The fraction of sp³-hybridized carbons (Fsp3) is 0.440. The number of amides is 1. The number of nitrogens with one attached hydrogen (secondary N) is 2. The lowest BCUT2D eigenvalue weighted by Gasteiger charge is -2.13. The molecule has 0 aromatic heterocycles. The average molecular weight is 456 g/mol. The van der Waals surface area contributed by atoms with Crippen molar-refractivity contribution in [2.75, 3.05) is 41.5 Å². The lowest BCUT2D eigenvalue weighted by Crippen LogP contribution is -2.42. The summed E-state index contributed by atoms with van der Waals surface area (Å²) in [5, 5.41) is 6.27. The summed E-state index contributed by atoms with van der Waals surface area (Å²) in [6, 6.07) is 11.4. The molecular formula is C25H33N3O5. The first-order chi connectivity index (χ1) is 16.1. The molecule has 2 N–H and O–H groups in total. The standard InChI is InChI=1S/C25H33N3O5/c1-30-20-8-5-17(15-22(20)32-3)11-13-26-24-10-7-19(28-24)25(29)27-14-12-18-6-9-21(31-2)23(16-18)33-4/h5-6,8-9,15-16,19H,7,10-14H2,1-4H3,(H,26,28)(H,27,29)/t19-/m1/s1. The van der Waals surface area contributed by atoms with Gasteiger partial charge in [-0.15, -0.1) is 0 Å². The molecule has 178 valence electrons. The van der Waals surface area contributed by atoms with Crippen LogP contribution in [0.15, 0.2) is 41.4 Å². The molecule has 0 spiro atoms. The van der Waals surface area contributed by atoms with Crippen LogP contribution in [0.5, 0.6) is 23.0 Å². The van der Waals surface area contributed by atoms with Crippen LogP contribution in [-0.2, 0) is 17.6 Å². The van der Waals surface area contributed by atoms with Gasteiger partial charge >= 0.3 is 0 Å². The van der Waals surface area contributed by atoms with Gasteiger partial charge in [-0.05, 0) is 54.7 Å². The average Bonchev–Trinajstić information content (AvgIpc) is 3.32. The Balaban J connectivity index is 1.42. The molecule has 2 aromatic rings. The highest BCUT2D eigenvalue weighted by Crippen LogP contribution is 2.28. The zero-order valence-corrected chi connectivity index (χ0v) is 19.8. The van der Waals surface area contributed by atoms with Gasteiger partial charge in [-0.25, -0.2) is 0 Å². The Morgan fingerprint density at radius 2 is 1.48 bits per heavy atom. The van der Waals surface area contributed by atoms with Crippen LogP contribution >= 0.6 is 0 Å². The smallest absolute Gasteiger partial charge is 0.242 e. The summed E-state index contributed by atoms with van der Waals surface area (Å²) >= 11 is 0. The Morgan fingerprint density at radius 3 is 2.06 bits per heavy atom. The molecule has 0 radical (unpaired) electrons. The first-order valence-corrected chi connectivity index (χ1v) is 11.1. The van der Waals surface area contributed by atoms with E-state index in [0.29, 0.717) is 42.5 Å². The zero-order valence-electron chi connectivity index (χ0n) is 19.8. The normalized spacial score (nSPS) is 16.2. The molecule has 1 fully saturated rings. The third kappa shape index (κ3) is 6.54. The molecule has 0 unspecified atom stereocenters. The molecule has 8 nitrogen and oxygen atoms in total. The number of carbonyl (C=O) groups is 1. The van der Waals surface area contributed by atoms with E-state index in [4.69, 9.17) is 18.9 Å². The fourth-order valence-corrected chi connectivity index (χ4v) is 3.79. The van der Waals surface area contributed by atoms with E-state index < -0.39 is 0 Å². The Bertz CT molecular complexity index is 977. The lowest BCUT2D eigenvalue weighted by molar-refractivity contribution is -0.122. The topological polar surface area (TPSA) is 90.4 Å². The number of aliphatic imine (C=N–C) groups is 1. The summed E-state index contributed by atoms with van der Waals surface area (Å²) in [4.78, 5) is 17.2. The van der Waals surface area contributed by atoms with Gasteiger partial charge < -0.3 is 29.6 Å². The quantitative estimate of drug-likeness (QED) is 0.542. The molecule has 8 heteroatoms. The minimum Gasteiger partial charge on any atom is -0.493 e. The van der Waals surface area contributed by atoms with Crippen molar-refractivity contribution in [3.63, 3.8) is 0 Å². The van der Waals surface area contributed by atoms with E-state index in [2.05, 4.69) is 15.6 Å². The van der Waals surface area contributed by atoms with E-state index >= 15 is 0 Å². The molecule has 3 rings (SSSR count). The van der Waals surface area contributed by atoms with E-state index in [9.17, 15) is 4.79 Å². The zero-order chi connectivity index (χ0) is 23.6. The number of benzene rings is 2. The van der Waals surface area contributed by atoms with Crippen LogP contribution in [0, 0.1) is 0 Å². The molecular weight excluding hydrogens is 422 g/mol. The number of carbonyl (C=O) groups excluding carboxylic acids is 1. The Kier molecular flexibility index (Phi) is 8.80. The molecule has 1 aliphatic heterocycles. The Hall–Kier alpha value is -3.42. The molecule has 1 saturated heterocycles. The van der Waals surface area contributed by atoms with Gasteiger partial charge in [-0.3, -0.25) is 9.79 Å². The van der Waals surface area contributed by atoms with Crippen molar-refractivity contribution in [2.45, 2.75) is 31.7 Å². The highest BCUT2D eigenvalue weighted by Gasteiger charge is 2.25. The highest BCUT2D eigenvalue weighted by molar-refractivity contribution is 5.93. The Morgan fingerprint density at radius 1 is 0.909 bits per heavy atom. The minimum absolute atomic E-state index is 0.000525. The van der Waals surface area contributed by atoms with Crippen molar-refractivity contribution in [2.24, 2.45) is 4.99 Å². The largest absolute Gasteiger partial charge is 0.493 e. The van der Waals surface area contributed by atoms with Crippen LogP contribution in [0.3, 0.4) is 0 Å². The van der Waals surface area contributed by atoms with Gasteiger partial charge in [-0.2, -0.15) is 0 Å². The van der Waals surface area contributed by atoms with E-state index in [1.165, 1.54) is 0 Å². The maximum absolute atomic E-state index is 12.5. The van der Waals surface area contributed by atoms with Crippen LogP contribution in [-0.4, -0.2) is 59.3 Å². The third-order valence-corrected chi connectivity index (χ3v) is 5.64. The van der Waals surface area contributed by atoms with Gasteiger partial charge in [0.05, 0.1) is 34.3 Å². The first-order valence-electron chi connectivity index (χ1n) is 11.1. The molecule has 2 aromatic carbocycles. The number of nitrogens with zero attached hydrogens (tertiary/aromatic N) is 1. The van der Waals surface area contributed by atoms with Crippen LogP contribution < -0.4 is 29.6 Å². The fourth-order valence-electron chi connectivity index (χ4n) is 3.79. The van der Waals surface area contributed by atoms with Crippen LogP contribution in [0.4, 0.5) is 0 Å². The minimum atomic E-state index is -0.241. The van der Waals surface area contributed by atoms with Crippen LogP contribution in [0.25, 0.3) is 0 Å². The van der Waals surface area contributed by atoms with E-state index in [1.807, 2.05) is 36.4 Å². The Labute approximate surface area is 195 Å². The van der Waals surface area contributed by atoms with Crippen molar-refractivity contribution in [3.8, 4) is 23.0 Å². The van der Waals surface area contributed by atoms with Gasteiger partial charge in [0.25, 0.3) is 0 Å². The van der Waals surface area contributed by atoms with Crippen molar-refractivity contribution in [1.29, 1.82) is 0 Å². The second-order valence-electron chi connectivity index (χ2n) is 7.73. The van der Waals surface area contributed by atoms with Crippen LogP contribution in [0.2, 0.25) is 0 Å². The van der Waals surface area contributed by atoms with Crippen molar-refractivity contribution in [1.82, 2.24) is 10.6 Å². The SMILES string of the molecule is COc1ccc(CCN=C2CC[C@H](C(=O)NCCc3ccc(OC)c(OC)c3)N2)cc1OC. The van der Waals surface area contributed by atoms with Gasteiger partial charge in [0.1, 0.15) is 6.04 Å². The number of hydrogen-bond acceptors (Lipinski definition) is 6. The number of amidine groups is 1. The second kappa shape index (κ2) is 12.0. The molecule has 0 bridgehead atoms. The molecule has 1 atom stereocenters. The third-order valence-electron chi connectivity index (χ3n) is 5.64. The van der Waals surface area contributed by atoms with E-state index in [-0.39, 0.29) is 11.9 Å². The molecule has 0 saturated carbocycles. The van der Waals surface area contributed by atoms with Gasteiger partial charge in [0, 0.05) is 19.5 Å². The van der Waals surface area contributed by atoms with Crippen LogP contribution in [0.1, 0.15) is 24.0 Å². The number of ether oxygens (including phenoxy) is 4. The summed E-state index contributed by atoms with van der Waals surface area (Å²) in [7, 11) is 6.48. The molecule has 0 aliphatic carbocycles. The predicted octanol–water partition coefficient (Wildman–Crippen LogP) is 2.77. The summed E-state index contributed by atoms with van der Waals surface area (Å²) in [6.45, 7) is 1.20. The summed E-state index contributed by atoms with van der Waals surface area (Å²) in [6.07, 6.45) is 3.02. The maximum Gasteiger partial charge on any atom is 0.242 e. The van der Waals surface area contributed by atoms with Gasteiger partial charge in [-0.1, -0.05) is 12.1 Å². The van der Waals surface area contributed by atoms with Crippen molar-refractivity contribution >= 4 is 11.7 Å². The summed E-state index contributed by atoms with van der Waals surface area (Å²) < 4.78 is 21.2. The van der Waals surface area contributed by atoms with E-state index in [0.717, 1.165) is 36.2 Å². The van der Waals surface area contributed by atoms with E-state index in [1.54, 1.807) is 28.4 Å². The highest BCUT2D eigenvalue weighted by atomic mass is 16.5. The maximum atomic E-state index is 12.5. The predicted molar refractivity (Wildman–Crippen MR) is 128 cm³/mol. The lowest BCUT2D eigenvalue weighted by atomic mass is 10.1. The van der Waals surface area contributed by atoms with Crippen molar-refractivity contribution < 1.29 is 23.7 Å². The molecule has 1 amide bonds. The second-order valence-corrected chi connectivity index (χ2v) is 7.73. The number of hydrogen-bond donors (Lipinski definition) is 2. The van der Waals surface area contributed by atoms with Gasteiger partial charge in [0.2, 0.25) is 5.91 Å². The van der Waals surface area contributed by atoms with Gasteiger partial charge in [0.15, 0.2) is 23.0 Å². The summed E-state index contributed by atoms with van der Waals surface area (Å²) in [5.41, 5.74) is 2.20. The number of rotatable bonds is 11. The first kappa shape index (κ1) is 24.2. The van der Waals surface area contributed by atoms with Crippen molar-refractivity contribution in [3.05, 3.63) is 47.5 Å². The molecule has 33 heavy (non-hydrogen) atoms. The summed E-state index contributed by atoms with van der Waals surface area (Å²) in [5.74, 6) is 3.69. The monoisotopic (exact) mass is 455 g/mol.